The van der Waals surface area contributed by atoms with Gasteiger partial charge in [0, 0.05) is 42.5 Å². The van der Waals surface area contributed by atoms with E-state index < -0.39 is 0 Å². The van der Waals surface area contributed by atoms with Gasteiger partial charge in [0.1, 0.15) is 11.6 Å². The Labute approximate surface area is 186 Å². The van der Waals surface area contributed by atoms with Gasteiger partial charge in [-0.3, -0.25) is 0 Å². The summed E-state index contributed by atoms with van der Waals surface area (Å²) in [4.78, 5) is 9.01. The van der Waals surface area contributed by atoms with E-state index in [1.165, 1.54) is 11.5 Å². The van der Waals surface area contributed by atoms with Gasteiger partial charge in [-0.2, -0.15) is 4.98 Å². The molecule has 0 saturated carbocycles. The third-order valence-corrected chi connectivity index (χ3v) is 6.36. The first-order chi connectivity index (χ1) is 14.5. The van der Waals surface area contributed by atoms with E-state index in [1.807, 2.05) is 24.3 Å². The first kappa shape index (κ1) is 22.0. The normalized spacial score (nSPS) is 10.6. The van der Waals surface area contributed by atoms with Crippen molar-refractivity contribution >= 4 is 64.2 Å². The largest absolute Gasteiger partial charge is 0.494 e. The molecule has 1 aromatic heterocycles. The number of aromatic nitrogens is 2. The maximum Gasteiger partial charge on any atom is 0.229 e. The van der Waals surface area contributed by atoms with Crippen molar-refractivity contribution in [3.63, 3.8) is 0 Å². The molecule has 0 unspecified atom stereocenters. The highest BCUT2D eigenvalue weighted by atomic mass is 79.9. The van der Waals surface area contributed by atoms with Gasteiger partial charge in [-0.05, 0) is 46.7 Å². The Balaban J connectivity index is 1.94. The Morgan fingerprint density at radius 3 is 2.53 bits per heavy atom. The van der Waals surface area contributed by atoms with Crippen molar-refractivity contribution in [1.29, 1.82) is 5.41 Å². The summed E-state index contributed by atoms with van der Waals surface area (Å²) in [5.74, 6) is 1.70. The Morgan fingerprint density at radius 2 is 1.87 bits per heavy atom. The zero-order valence-electron chi connectivity index (χ0n) is 17.2. The highest BCUT2D eigenvalue weighted by Gasteiger charge is 2.13. The number of hydrogen-bond donors (Lipinski definition) is 4. The summed E-state index contributed by atoms with van der Waals surface area (Å²) in [6, 6.07) is 11.9. The van der Waals surface area contributed by atoms with Crippen LogP contribution in [0.25, 0.3) is 0 Å². The number of methoxy groups -OCH3 is 1. The minimum atomic E-state index is -0.267. The van der Waals surface area contributed by atoms with Crippen LogP contribution < -0.4 is 26.0 Å². The molecule has 30 heavy (non-hydrogen) atoms. The monoisotopic (exact) mass is 486 g/mol. The van der Waals surface area contributed by atoms with Gasteiger partial charge < -0.3 is 26.1 Å². The number of halogens is 1. The fourth-order valence-electron chi connectivity index (χ4n) is 2.93. The van der Waals surface area contributed by atoms with E-state index in [0.717, 1.165) is 21.4 Å². The topological polar surface area (TPSA) is 94.9 Å². The zero-order chi connectivity index (χ0) is 21.7. The highest BCUT2D eigenvalue weighted by Crippen LogP contribution is 2.34. The minimum absolute atomic E-state index is 0.267. The van der Waals surface area contributed by atoms with Gasteiger partial charge in [0.25, 0.3) is 0 Å². The Morgan fingerprint density at radius 1 is 1.10 bits per heavy atom. The van der Waals surface area contributed by atoms with Crippen LogP contribution >= 0.6 is 23.9 Å². The molecule has 0 aliphatic carbocycles. The molecule has 0 bridgehead atoms. The summed E-state index contributed by atoms with van der Waals surface area (Å²) in [6.07, 6.45) is 2.99. The predicted molar refractivity (Wildman–Crippen MR) is 132 cm³/mol. The van der Waals surface area contributed by atoms with Crippen LogP contribution in [0.2, 0.25) is 0 Å². The summed E-state index contributed by atoms with van der Waals surface area (Å²) in [7, 11) is 3.14. The lowest BCUT2D eigenvalue weighted by Crippen LogP contribution is -2.09. The fraction of sp³-hybridized carbons (Fsp3) is 0.190. The van der Waals surface area contributed by atoms with Gasteiger partial charge in [-0.25, -0.2) is 4.98 Å². The van der Waals surface area contributed by atoms with E-state index in [0.29, 0.717) is 23.2 Å². The molecule has 0 atom stereocenters. The average Bonchev–Trinajstić information content (AvgIpc) is 2.75. The third kappa shape index (κ3) is 4.89. The number of ether oxygens (including phenoxy) is 1. The first-order valence-electron chi connectivity index (χ1n) is 9.20. The van der Waals surface area contributed by atoms with Crippen molar-refractivity contribution in [1.82, 2.24) is 9.97 Å². The minimum Gasteiger partial charge on any atom is -0.494 e. The van der Waals surface area contributed by atoms with Gasteiger partial charge in [-0.15, -0.1) is 0 Å². The SMILES string of the molecule is CNc1cc(OC)c(Nc2ncc(Br)c(Nc3ccccc3P(C)C)n2)cc1C=N. The summed E-state index contributed by atoms with van der Waals surface area (Å²) < 4.78 is 6.26. The fourth-order valence-corrected chi connectivity index (χ4v) is 4.22. The first-order valence-corrected chi connectivity index (χ1v) is 12.2. The maximum atomic E-state index is 7.65. The quantitative estimate of drug-likeness (QED) is 0.260. The molecule has 0 aliphatic rings. The second-order valence-electron chi connectivity index (χ2n) is 6.59. The zero-order valence-corrected chi connectivity index (χ0v) is 19.7. The molecule has 7 nitrogen and oxygen atoms in total. The van der Waals surface area contributed by atoms with Gasteiger partial charge in [0.05, 0.1) is 17.3 Å². The molecule has 3 rings (SSSR count). The van der Waals surface area contributed by atoms with Gasteiger partial charge in [0.15, 0.2) is 0 Å². The van der Waals surface area contributed by atoms with E-state index in [9.17, 15) is 0 Å². The van der Waals surface area contributed by atoms with Crippen LogP contribution in [0, 0.1) is 5.41 Å². The predicted octanol–water partition coefficient (Wildman–Crippen LogP) is 5.14. The number of nitrogens with one attached hydrogen (secondary N) is 4. The van der Waals surface area contributed by atoms with Crippen LogP contribution in [0.5, 0.6) is 5.75 Å². The van der Waals surface area contributed by atoms with Crippen LogP contribution in [0.15, 0.2) is 47.1 Å². The molecule has 0 spiro atoms. The Bertz CT molecular complexity index is 1060. The molecule has 9 heteroatoms. The Kier molecular flexibility index (Phi) is 7.24. The number of benzene rings is 2. The number of nitrogens with zero attached hydrogens (tertiary/aromatic N) is 2. The van der Waals surface area contributed by atoms with Crippen molar-refractivity contribution in [2.45, 2.75) is 0 Å². The third-order valence-electron chi connectivity index (χ3n) is 4.43. The number of hydrogen-bond acceptors (Lipinski definition) is 7. The molecule has 1 heterocycles. The van der Waals surface area contributed by atoms with Crippen LogP contribution in [0.1, 0.15) is 5.56 Å². The Hall–Kier alpha value is -2.70. The second-order valence-corrected chi connectivity index (χ2v) is 9.71. The van der Waals surface area contributed by atoms with E-state index in [1.54, 1.807) is 20.4 Å². The average molecular weight is 487 g/mol. The molecule has 2 aromatic carbocycles. The van der Waals surface area contributed by atoms with Crippen molar-refractivity contribution in [3.05, 3.63) is 52.6 Å². The van der Waals surface area contributed by atoms with E-state index in [-0.39, 0.29) is 7.92 Å². The number of anilines is 5. The van der Waals surface area contributed by atoms with Crippen LogP contribution in [0.4, 0.5) is 28.8 Å². The molecular formula is C21H24BrN6OP. The summed E-state index contributed by atoms with van der Waals surface area (Å²) in [5.41, 5.74) is 3.23. The smallest absolute Gasteiger partial charge is 0.229 e. The molecule has 0 fully saturated rings. The molecule has 0 aliphatic heterocycles. The van der Waals surface area contributed by atoms with E-state index in [4.69, 9.17) is 10.1 Å². The molecule has 4 N–H and O–H groups in total. The van der Waals surface area contributed by atoms with Crippen LogP contribution in [0.3, 0.4) is 0 Å². The lowest BCUT2D eigenvalue weighted by molar-refractivity contribution is 0.417. The highest BCUT2D eigenvalue weighted by molar-refractivity contribution is 9.10. The van der Waals surface area contributed by atoms with Crippen molar-refractivity contribution in [3.8, 4) is 5.75 Å². The molecule has 0 saturated heterocycles. The lowest BCUT2D eigenvalue weighted by Gasteiger charge is -2.17. The molecule has 3 aromatic rings. The molecule has 0 amide bonds. The lowest BCUT2D eigenvalue weighted by atomic mass is 10.1. The van der Waals surface area contributed by atoms with E-state index in [2.05, 4.69) is 67.3 Å². The molecule has 156 valence electrons. The van der Waals surface area contributed by atoms with Gasteiger partial charge >= 0.3 is 0 Å². The maximum absolute atomic E-state index is 7.65. The van der Waals surface area contributed by atoms with E-state index >= 15 is 0 Å². The van der Waals surface area contributed by atoms with Crippen molar-refractivity contribution in [2.75, 3.05) is 43.4 Å². The van der Waals surface area contributed by atoms with Crippen LogP contribution in [-0.4, -0.2) is 43.7 Å². The van der Waals surface area contributed by atoms with Crippen molar-refractivity contribution in [2.24, 2.45) is 0 Å². The summed E-state index contributed by atoms with van der Waals surface area (Å²) in [6.45, 7) is 4.44. The standard InChI is InChI=1S/C21H24BrN6OP/c1-24-16-10-18(29-2)17(9-13(16)11-23)27-21-25-12-14(22)20(28-21)26-15-7-5-6-8-19(15)30(3)4/h5-12,23-24H,1-4H3,(H2,25,26,27,28). The van der Waals surface area contributed by atoms with Crippen LogP contribution in [-0.2, 0) is 0 Å². The van der Waals surface area contributed by atoms with Gasteiger partial charge in [0.2, 0.25) is 5.95 Å². The summed E-state index contributed by atoms with van der Waals surface area (Å²) in [5, 5.41) is 18.6. The number of rotatable bonds is 8. The molecule has 0 radical (unpaired) electrons. The number of para-hydroxylation sites is 1. The summed E-state index contributed by atoms with van der Waals surface area (Å²) >= 11 is 3.53. The second kappa shape index (κ2) is 9.87. The van der Waals surface area contributed by atoms with Crippen molar-refractivity contribution < 1.29 is 4.74 Å². The van der Waals surface area contributed by atoms with Gasteiger partial charge in [-0.1, -0.05) is 26.1 Å². The molecular weight excluding hydrogens is 463 g/mol.